The number of pyridine rings is 1. The van der Waals surface area contributed by atoms with Crippen LogP contribution in [-0.4, -0.2) is 14.8 Å². The Morgan fingerprint density at radius 3 is 2.45 bits per heavy atom. The molecular weight excluding hydrogens is 248 g/mol. The normalized spacial score (nSPS) is 10.7. The molecule has 0 fully saturated rings. The minimum absolute atomic E-state index is 0.534. The summed E-state index contributed by atoms with van der Waals surface area (Å²) in [6.07, 6.45) is 1.70. The lowest BCUT2D eigenvalue weighted by Crippen LogP contribution is -1.99. The number of hydrogen-bond donors (Lipinski definition) is 1. The Kier molecular flexibility index (Phi) is 2.99. The van der Waals surface area contributed by atoms with Crippen molar-refractivity contribution in [2.75, 3.05) is 5.73 Å². The molecule has 0 unspecified atom stereocenters. The van der Waals surface area contributed by atoms with E-state index in [2.05, 4.69) is 17.0 Å². The Balaban J connectivity index is 2.20. The van der Waals surface area contributed by atoms with Crippen LogP contribution in [0.3, 0.4) is 0 Å². The highest BCUT2D eigenvalue weighted by Crippen LogP contribution is 2.31. The van der Waals surface area contributed by atoms with Gasteiger partial charge < -0.3 is 5.73 Å². The summed E-state index contributed by atoms with van der Waals surface area (Å²) in [5.74, 6) is 0.534. The standard InChI is InChI=1S/C16H16N4/c1-11-15(14-9-6-10-18-16(14)17)12(2)20(19-11)13-7-4-3-5-8-13/h3-10H,1-2H3,(H2,17,18). The van der Waals surface area contributed by atoms with Crippen molar-refractivity contribution in [3.8, 4) is 16.8 Å². The number of hydrogen-bond acceptors (Lipinski definition) is 3. The summed E-state index contributed by atoms with van der Waals surface area (Å²) >= 11 is 0. The van der Waals surface area contributed by atoms with Crippen molar-refractivity contribution >= 4 is 5.82 Å². The van der Waals surface area contributed by atoms with Gasteiger partial charge in [0.25, 0.3) is 0 Å². The number of nitrogen functional groups attached to an aromatic ring is 1. The van der Waals surface area contributed by atoms with Gasteiger partial charge >= 0.3 is 0 Å². The molecule has 0 saturated carbocycles. The van der Waals surface area contributed by atoms with Crippen molar-refractivity contribution < 1.29 is 0 Å². The molecule has 0 spiro atoms. The second kappa shape index (κ2) is 4.81. The molecule has 2 heterocycles. The van der Waals surface area contributed by atoms with Crippen LogP contribution >= 0.6 is 0 Å². The Morgan fingerprint density at radius 2 is 1.75 bits per heavy atom. The van der Waals surface area contributed by atoms with Crippen LogP contribution < -0.4 is 5.73 Å². The number of nitrogens with two attached hydrogens (primary N) is 1. The van der Waals surface area contributed by atoms with Crippen LogP contribution in [0.4, 0.5) is 5.82 Å². The highest BCUT2D eigenvalue weighted by atomic mass is 15.3. The second-order valence-corrected chi connectivity index (χ2v) is 4.73. The molecule has 100 valence electrons. The lowest BCUT2D eigenvalue weighted by molar-refractivity contribution is 0.834. The van der Waals surface area contributed by atoms with Gasteiger partial charge in [-0.15, -0.1) is 0 Å². The van der Waals surface area contributed by atoms with Gasteiger partial charge in [-0.25, -0.2) is 9.67 Å². The van der Waals surface area contributed by atoms with E-state index in [0.29, 0.717) is 5.82 Å². The number of aryl methyl sites for hydroxylation is 1. The average molecular weight is 264 g/mol. The third kappa shape index (κ3) is 1.95. The third-order valence-corrected chi connectivity index (χ3v) is 3.40. The van der Waals surface area contributed by atoms with E-state index in [-0.39, 0.29) is 0 Å². The molecular formula is C16H16N4. The predicted molar refractivity (Wildman–Crippen MR) is 80.7 cm³/mol. The highest BCUT2D eigenvalue weighted by molar-refractivity contribution is 5.77. The summed E-state index contributed by atoms with van der Waals surface area (Å²) in [7, 11) is 0. The van der Waals surface area contributed by atoms with E-state index >= 15 is 0 Å². The first-order valence-corrected chi connectivity index (χ1v) is 6.51. The van der Waals surface area contributed by atoms with Gasteiger partial charge in [0.1, 0.15) is 5.82 Å². The number of benzene rings is 1. The maximum absolute atomic E-state index is 5.99. The molecule has 4 nitrogen and oxygen atoms in total. The Hall–Kier alpha value is -2.62. The van der Waals surface area contributed by atoms with Crippen molar-refractivity contribution in [2.45, 2.75) is 13.8 Å². The number of rotatable bonds is 2. The first kappa shape index (κ1) is 12.4. The largest absolute Gasteiger partial charge is 0.383 e. The third-order valence-electron chi connectivity index (χ3n) is 3.40. The predicted octanol–water partition coefficient (Wildman–Crippen LogP) is 3.13. The second-order valence-electron chi connectivity index (χ2n) is 4.73. The highest BCUT2D eigenvalue weighted by Gasteiger charge is 2.16. The number of para-hydroxylation sites is 1. The van der Waals surface area contributed by atoms with E-state index in [1.54, 1.807) is 6.20 Å². The number of nitrogens with zero attached hydrogens (tertiary/aromatic N) is 3. The quantitative estimate of drug-likeness (QED) is 0.773. The molecule has 2 N–H and O–H groups in total. The van der Waals surface area contributed by atoms with Crippen LogP contribution in [0.25, 0.3) is 16.8 Å². The van der Waals surface area contributed by atoms with Gasteiger partial charge in [0.15, 0.2) is 0 Å². The zero-order chi connectivity index (χ0) is 14.1. The van der Waals surface area contributed by atoms with E-state index in [0.717, 1.165) is 28.2 Å². The van der Waals surface area contributed by atoms with Crippen molar-refractivity contribution in [3.63, 3.8) is 0 Å². The number of aromatic nitrogens is 3. The molecule has 4 heteroatoms. The van der Waals surface area contributed by atoms with E-state index < -0.39 is 0 Å². The van der Waals surface area contributed by atoms with Gasteiger partial charge in [-0.05, 0) is 38.1 Å². The average Bonchev–Trinajstić information content (AvgIpc) is 2.76. The van der Waals surface area contributed by atoms with Crippen molar-refractivity contribution in [1.29, 1.82) is 0 Å². The molecule has 0 aliphatic carbocycles. The maximum Gasteiger partial charge on any atom is 0.131 e. The molecule has 3 aromatic rings. The summed E-state index contributed by atoms with van der Waals surface area (Å²) in [5.41, 5.74) is 11.0. The fourth-order valence-corrected chi connectivity index (χ4v) is 2.48. The molecule has 0 radical (unpaired) electrons. The molecule has 20 heavy (non-hydrogen) atoms. The Morgan fingerprint density at radius 1 is 1.00 bits per heavy atom. The molecule has 0 saturated heterocycles. The van der Waals surface area contributed by atoms with Gasteiger partial charge in [0.05, 0.1) is 11.4 Å². The van der Waals surface area contributed by atoms with Crippen LogP contribution in [0.1, 0.15) is 11.4 Å². The minimum Gasteiger partial charge on any atom is -0.383 e. The van der Waals surface area contributed by atoms with Crippen LogP contribution in [0.2, 0.25) is 0 Å². The monoisotopic (exact) mass is 264 g/mol. The summed E-state index contributed by atoms with van der Waals surface area (Å²) in [4.78, 5) is 4.16. The zero-order valence-corrected chi connectivity index (χ0v) is 11.5. The van der Waals surface area contributed by atoms with Crippen LogP contribution in [0, 0.1) is 13.8 Å². The molecule has 0 bridgehead atoms. The van der Waals surface area contributed by atoms with Crippen LogP contribution in [0.5, 0.6) is 0 Å². The lowest BCUT2D eigenvalue weighted by Gasteiger charge is -2.06. The van der Waals surface area contributed by atoms with Gasteiger partial charge in [-0.1, -0.05) is 18.2 Å². The van der Waals surface area contributed by atoms with E-state index in [4.69, 9.17) is 5.73 Å². The molecule has 1 aromatic carbocycles. The van der Waals surface area contributed by atoms with Crippen molar-refractivity contribution in [3.05, 3.63) is 60.0 Å². The Bertz CT molecular complexity index is 744. The molecule has 0 atom stereocenters. The zero-order valence-electron chi connectivity index (χ0n) is 11.5. The first-order chi connectivity index (χ1) is 9.68. The smallest absolute Gasteiger partial charge is 0.131 e. The van der Waals surface area contributed by atoms with Gasteiger partial charge in [0, 0.05) is 23.0 Å². The fourth-order valence-electron chi connectivity index (χ4n) is 2.48. The van der Waals surface area contributed by atoms with Gasteiger partial charge in [-0.2, -0.15) is 5.10 Å². The minimum atomic E-state index is 0.534. The summed E-state index contributed by atoms with van der Waals surface area (Å²) in [6, 6.07) is 14.0. The fraction of sp³-hybridized carbons (Fsp3) is 0.125. The van der Waals surface area contributed by atoms with Crippen molar-refractivity contribution in [2.24, 2.45) is 0 Å². The molecule has 0 aliphatic rings. The summed E-state index contributed by atoms with van der Waals surface area (Å²) < 4.78 is 1.94. The summed E-state index contributed by atoms with van der Waals surface area (Å²) in [5, 5.41) is 4.63. The van der Waals surface area contributed by atoms with Crippen LogP contribution in [0.15, 0.2) is 48.7 Å². The molecule has 2 aromatic heterocycles. The summed E-state index contributed by atoms with van der Waals surface area (Å²) in [6.45, 7) is 4.04. The first-order valence-electron chi connectivity index (χ1n) is 6.51. The SMILES string of the molecule is Cc1nn(-c2ccccc2)c(C)c1-c1cccnc1N. The Labute approximate surface area is 117 Å². The van der Waals surface area contributed by atoms with Crippen molar-refractivity contribution in [1.82, 2.24) is 14.8 Å². The van der Waals surface area contributed by atoms with E-state index in [1.165, 1.54) is 0 Å². The maximum atomic E-state index is 5.99. The van der Waals surface area contributed by atoms with Gasteiger partial charge in [-0.3, -0.25) is 0 Å². The molecule has 3 rings (SSSR count). The molecule has 0 amide bonds. The lowest BCUT2D eigenvalue weighted by atomic mass is 10.0. The van der Waals surface area contributed by atoms with E-state index in [9.17, 15) is 0 Å². The van der Waals surface area contributed by atoms with Gasteiger partial charge in [0.2, 0.25) is 0 Å². The topological polar surface area (TPSA) is 56.7 Å². The van der Waals surface area contributed by atoms with E-state index in [1.807, 2.05) is 54.1 Å². The molecule has 0 aliphatic heterocycles. The number of anilines is 1. The van der Waals surface area contributed by atoms with Crippen LogP contribution in [-0.2, 0) is 0 Å².